The van der Waals surface area contributed by atoms with Crippen molar-refractivity contribution in [3.8, 4) is 11.1 Å². The molecule has 0 spiro atoms. The number of aryl methyl sites for hydroxylation is 2. The predicted octanol–water partition coefficient (Wildman–Crippen LogP) is 1.78. The summed E-state index contributed by atoms with van der Waals surface area (Å²) in [6.07, 6.45) is 1.76. The van der Waals surface area contributed by atoms with E-state index in [2.05, 4.69) is 10.4 Å². The minimum atomic E-state index is -0.318. The largest absolute Gasteiger partial charge is 0.348 e. The highest BCUT2D eigenvalue weighted by molar-refractivity contribution is 5.99. The number of hydrogen-bond acceptors (Lipinski definition) is 2. The van der Waals surface area contributed by atoms with Crippen LogP contribution in [0.5, 0.6) is 0 Å². The number of nitrogens with zero attached hydrogens (tertiary/aromatic N) is 2. The average Bonchev–Trinajstić information content (AvgIpc) is 2.82. The lowest BCUT2D eigenvalue weighted by Gasteiger charge is -2.04. The molecule has 1 aliphatic rings. The van der Waals surface area contributed by atoms with Crippen molar-refractivity contribution < 1.29 is 9.18 Å². The summed E-state index contributed by atoms with van der Waals surface area (Å²) in [4.78, 5) is 11.6. The zero-order valence-corrected chi connectivity index (χ0v) is 10.1. The third kappa shape index (κ3) is 1.51. The predicted molar refractivity (Wildman–Crippen MR) is 64.5 cm³/mol. The van der Waals surface area contributed by atoms with Crippen LogP contribution in [0, 0.1) is 12.7 Å². The van der Waals surface area contributed by atoms with Crippen LogP contribution >= 0.6 is 0 Å². The normalized spacial score (nSPS) is 13.6. The van der Waals surface area contributed by atoms with Crippen LogP contribution in [0.25, 0.3) is 11.1 Å². The summed E-state index contributed by atoms with van der Waals surface area (Å²) in [5, 5.41) is 6.87. The molecule has 0 unspecified atom stereocenters. The van der Waals surface area contributed by atoms with Crippen LogP contribution in [-0.4, -0.2) is 15.7 Å². The minimum absolute atomic E-state index is 0.146. The first-order valence-electron chi connectivity index (χ1n) is 5.67. The fourth-order valence-electron chi connectivity index (χ4n) is 2.31. The number of fused-ring (bicyclic) bond motifs is 1. The van der Waals surface area contributed by atoms with E-state index in [0.717, 1.165) is 11.3 Å². The Morgan fingerprint density at radius 1 is 1.33 bits per heavy atom. The van der Waals surface area contributed by atoms with Gasteiger partial charge in [0.15, 0.2) is 0 Å². The number of aromatic nitrogens is 2. The maximum Gasteiger partial charge on any atom is 0.251 e. The quantitative estimate of drug-likeness (QED) is 0.832. The highest BCUT2D eigenvalue weighted by atomic mass is 19.1. The second-order valence-corrected chi connectivity index (χ2v) is 4.47. The van der Waals surface area contributed by atoms with Gasteiger partial charge in [-0.1, -0.05) is 0 Å². The SMILES string of the molecule is Cc1nn(C)cc1-c1cc2c(cc1F)CNC2=O. The molecule has 1 aliphatic heterocycles. The molecule has 2 aromatic rings. The van der Waals surface area contributed by atoms with Crippen molar-refractivity contribution in [2.75, 3.05) is 0 Å². The summed E-state index contributed by atoms with van der Waals surface area (Å²) in [6, 6.07) is 3.03. The Morgan fingerprint density at radius 2 is 2.11 bits per heavy atom. The first kappa shape index (κ1) is 11.0. The fourth-order valence-corrected chi connectivity index (χ4v) is 2.31. The molecule has 92 valence electrons. The number of carbonyl (C=O) groups is 1. The van der Waals surface area contributed by atoms with Crippen LogP contribution in [-0.2, 0) is 13.6 Å². The molecule has 1 amide bonds. The van der Waals surface area contributed by atoms with E-state index in [9.17, 15) is 9.18 Å². The molecule has 0 aliphatic carbocycles. The molecule has 0 atom stereocenters. The molecule has 3 rings (SSSR count). The maximum atomic E-state index is 14.1. The van der Waals surface area contributed by atoms with Gasteiger partial charge in [-0.25, -0.2) is 4.39 Å². The summed E-state index contributed by atoms with van der Waals surface area (Å²) in [6.45, 7) is 2.22. The summed E-state index contributed by atoms with van der Waals surface area (Å²) in [5.41, 5.74) is 3.15. The van der Waals surface area contributed by atoms with Crippen LogP contribution < -0.4 is 5.32 Å². The zero-order valence-electron chi connectivity index (χ0n) is 10.1. The van der Waals surface area contributed by atoms with E-state index in [1.54, 1.807) is 24.0 Å². The van der Waals surface area contributed by atoms with Crippen molar-refractivity contribution in [3.05, 3.63) is 41.0 Å². The van der Waals surface area contributed by atoms with E-state index in [0.29, 0.717) is 23.2 Å². The summed E-state index contributed by atoms with van der Waals surface area (Å²) in [5.74, 6) is -0.464. The van der Waals surface area contributed by atoms with Gasteiger partial charge in [-0.3, -0.25) is 9.48 Å². The second kappa shape index (κ2) is 3.66. The molecule has 0 saturated carbocycles. The molecule has 0 saturated heterocycles. The Bertz CT molecular complexity index is 660. The monoisotopic (exact) mass is 245 g/mol. The third-order valence-corrected chi connectivity index (χ3v) is 3.18. The van der Waals surface area contributed by atoms with Gasteiger partial charge in [0.05, 0.1) is 5.69 Å². The molecule has 1 N–H and O–H groups in total. The zero-order chi connectivity index (χ0) is 12.9. The van der Waals surface area contributed by atoms with E-state index in [4.69, 9.17) is 0 Å². The number of benzene rings is 1. The first-order valence-corrected chi connectivity index (χ1v) is 5.67. The Kier molecular flexibility index (Phi) is 2.23. The van der Waals surface area contributed by atoms with Gasteiger partial charge in [0, 0.05) is 36.5 Å². The lowest BCUT2D eigenvalue weighted by Crippen LogP contribution is -2.12. The number of carbonyl (C=O) groups excluding carboxylic acids is 1. The van der Waals surface area contributed by atoms with E-state index in [1.807, 2.05) is 6.92 Å². The summed E-state index contributed by atoms with van der Waals surface area (Å²) < 4.78 is 15.7. The molecule has 5 heteroatoms. The van der Waals surface area contributed by atoms with E-state index >= 15 is 0 Å². The fraction of sp³-hybridized carbons (Fsp3) is 0.231. The molecule has 0 bridgehead atoms. The van der Waals surface area contributed by atoms with Gasteiger partial charge in [-0.15, -0.1) is 0 Å². The van der Waals surface area contributed by atoms with Crippen molar-refractivity contribution in [2.45, 2.75) is 13.5 Å². The molecule has 0 radical (unpaired) electrons. The first-order chi connectivity index (χ1) is 8.56. The summed E-state index contributed by atoms with van der Waals surface area (Å²) >= 11 is 0. The van der Waals surface area contributed by atoms with Crippen molar-refractivity contribution in [2.24, 2.45) is 7.05 Å². The van der Waals surface area contributed by atoms with Crippen molar-refractivity contribution in [3.63, 3.8) is 0 Å². The lowest BCUT2D eigenvalue weighted by molar-refractivity contribution is 0.0966. The van der Waals surface area contributed by atoms with Crippen molar-refractivity contribution in [1.29, 1.82) is 0 Å². The molecule has 1 aromatic heterocycles. The Balaban J connectivity index is 2.22. The lowest BCUT2D eigenvalue weighted by atomic mass is 10.0. The molecular formula is C13H12FN3O. The van der Waals surface area contributed by atoms with Crippen molar-refractivity contribution >= 4 is 5.91 Å². The highest BCUT2D eigenvalue weighted by Gasteiger charge is 2.22. The Labute approximate surface area is 103 Å². The van der Waals surface area contributed by atoms with E-state index in [1.165, 1.54) is 6.07 Å². The van der Waals surface area contributed by atoms with Gasteiger partial charge in [0.2, 0.25) is 0 Å². The minimum Gasteiger partial charge on any atom is -0.348 e. The van der Waals surface area contributed by atoms with Gasteiger partial charge in [0.25, 0.3) is 5.91 Å². The molecule has 2 heterocycles. The molecule has 4 nitrogen and oxygen atoms in total. The smallest absolute Gasteiger partial charge is 0.251 e. The average molecular weight is 245 g/mol. The van der Waals surface area contributed by atoms with Crippen LogP contribution in [0.3, 0.4) is 0 Å². The number of amides is 1. The second-order valence-electron chi connectivity index (χ2n) is 4.47. The molecular weight excluding hydrogens is 233 g/mol. The topological polar surface area (TPSA) is 46.9 Å². The van der Waals surface area contributed by atoms with Gasteiger partial charge in [-0.2, -0.15) is 5.10 Å². The molecule has 0 fully saturated rings. The third-order valence-electron chi connectivity index (χ3n) is 3.18. The number of rotatable bonds is 1. The number of nitrogens with one attached hydrogen (secondary N) is 1. The highest BCUT2D eigenvalue weighted by Crippen LogP contribution is 2.29. The van der Waals surface area contributed by atoms with Crippen molar-refractivity contribution in [1.82, 2.24) is 15.1 Å². The van der Waals surface area contributed by atoms with Gasteiger partial charge >= 0.3 is 0 Å². The van der Waals surface area contributed by atoms with Gasteiger partial charge in [0.1, 0.15) is 5.82 Å². The number of halogens is 1. The Morgan fingerprint density at radius 3 is 2.78 bits per heavy atom. The van der Waals surface area contributed by atoms with Gasteiger partial charge < -0.3 is 5.32 Å². The molecule has 18 heavy (non-hydrogen) atoms. The maximum absolute atomic E-state index is 14.1. The standard InChI is InChI=1S/C13H12FN3O/c1-7-11(6-17(2)16-7)10-4-9-8(3-12(10)14)5-15-13(9)18/h3-4,6H,5H2,1-2H3,(H,15,18). The van der Waals surface area contributed by atoms with Crippen LogP contribution in [0.15, 0.2) is 18.3 Å². The van der Waals surface area contributed by atoms with Crippen LogP contribution in [0.1, 0.15) is 21.6 Å². The van der Waals surface area contributed by atoms with Gasteiger partial charge in [-0.05, 0) is 24.6 Å². The van der Waals surface area contributed by atoms with Crippen LogP contribution in [0.2, 0.25) is 0 Å². The molecule has 1 aromatic carbocycles. The van der Waals surface area contributed by atoms with Crippen LogP contribution in [0.4, 0.5) is 4.39 Å². The van der Waals surface area contributed by atoms with E-state index < -0.39 is 0 Å². The number of hydrogen-bond donors (Lipinski definition) is 1. The van der Waals surface area contributed by atoms with E-state index in [-0.39, 0.29) is 11.7 Å². The Hall–Kier alpha value is -2.17. The summed E-state index contributed by atoms with van der Waals surface area (Å²) in [7, 11) is 1.79.